The summed E-state index contributed by atoms with van der Waals surface area (Å²) in [7, 11) is 0. The summed E-state index contributed by atoms with van der Waals surface area (Å²) < 4.78 is 54.7. The fraction of sp³-hybridized carbons (Fsp3) is 0.368. The van der Waals surface area contributed by atoms with Crippen LogP contribution >= 0.6 is 0 Å². The van der Waals surface area contributed by atoms with E-state index in [-0.39, 0.29) is 16.9 Å². The van der Waals surface area contributed by atoms with Gasteiger partial charge in [0.25, 0.3) is 0 Å². The maximum absolute atomic E-state index is 13.7. The number of alkyl halides is 3. The number of hydrogen-bond donors (Lipinski definition) is 4. The molecule has 0 aliphatic carbocycles. The van der Waals surface area contributed by atoms with Crippen LogP contribution in [0.25, 0.3) is 0 Å². The van der Waals surface area contributed by atoms with Crippen LogP contribution < -0.4 is 0 Å². The van der Waals surface area contributed by atoms with Crippen LogP contribution in [0.2, 0.25) is 0 Å². The van der Waals surface area contributed by atoms with Crippen LogP contribution in [0.4, 0.5) is 17.6 Å². The minimum Gasteiger partial charge on any atom is -0.508 e. The normalized spacial score (nSPS) is 14.8. The average Bonchev–Trinajstić information content (AvgIpc) is 2.51. The van der Waals surface area contributed by atoms with Gasteiger partial charge in [0.1, 0.15) is 23.1 Å². The summed E-state index contributed by atoms with van der Waals surface area (Å²) in [5.74, 6) is -2.01. The summed E-state index contributed by atoms with van der Waals surface area (Å²) in [6.07, 6.45) is -7.04. The van der Waals surface area contributed by atoms with Crippen molar-refractivity contribution in [3.8, 4) is 17.2 Å². The Bertz CT molecular complexity index is 833. The number of aliphatic hydroxyl groups is 1. The summed E-state index contributed by atoms with van der Waals surface area (Å²) in [6, 6.07) is 5.96. The fourth-order valence-electron chi connectivity index (χ4n) is 3.17. The van der Waals surface area contributed by atoms with E-state index in [1.807, 2.05) is 0 Å². The molecule has 0 aromatic heterocycles. The molecule has 2 rings (SSSR count). The second kappa shape index (κ2) is 6.92. The summed E-state index contributed by atoms with van der Waals surface area (Å²) in [5, 5.41) is 39.7. The molecule has 0 saturated carbocycles. The lowest BCUT2D eigenvalue weighted by Gasteiger charge is -2.38. The van der Waals surface area contributed by atoms with Crippen LogP contribution in [0.5, 0.6) is 17.2 Å². The van der Waals surface area contributed by atoms with Crippen LogP contribution in [0.15, 0.2) is 36.4 Å². The standard InChI is InChI=1S/C19H20F4O4/c1-17(2,14-8-12(20)3-5-16(14)26)10-18(27,19(21,22)23)9-11-7-13(24)4-6-15(11)25/h3-8,24-27H,9-10H2,1-2H3. The quantitative estimate of drug-likeness (QED) is 0.458. The molecule has 0 heterocycles. The van der Waals surface area contributed by atoms with Crippen molar-refractivity contribution in [3.05, 3.63) is 53.3 Å². The molecular formula is C19H20F4O4. The number of rotatable bonds is 5. The number of aromatic hydroxyl groups is 3. The van der Waals surface area contributed by atoms with Gasteiger partial charge in [-0.1, -0.05) is 13.8 Å². The summed E-state index contributed by atoms with van der Waals surface area (Å²) in [5.41, 5.74) is -5.16. The third-order valence-electron chi connectivity index (χ3n) is 4.50. The molecule has 0 fully saturated rings. The van der Waals surface area contributed by atoms with E-state index < -0.39 is 47.4 Å². The topological polar surface area (TPSA) is 80.9 Å². The van der Waals surface area contributed by atoms with Gasteiger partial charge >= 0.3 is 6.18 Å². The Kier molecular flexibility index (Phi) is 5.34. The highest BCUT2D eigenvalue weighted by atomic mass is 19.4. The third-order valence-corrected chi connectivity index (χ3v) is 4.50. The van der Waals surface area contributed by atoms with Gasteiger partial charge in [-0.05, 0) is 48.2 Å². The smallest absolute Gasteiger partial charge is 0.417 e. The Balaban J connectivity index is 2.47. The molecule has 8 heteroatoms. The monoisotopic (exact) mass is 388 g/mol. The summed E-state index contributed by atoms with van der Waals surface area (Å²) in [4.78, 5) is 0. The number of phenols is 3. The zero-order valence-electron chi connectivity index (χ0n) is 14.7. The fourth-order valence-corrected chi connectivity index (χ4v) is 3.17. The van der Waals surface area contributed by atoms with Crippen LogP contribution in [0, 0.1) is 5.82 Å². The van der Waals surface area contributed by atoms with Gasteiger partial charge in [0, 0.05) is 17.5 Å². The molecule has 0 bridgehead atoms. The van der Waals surface area contributed by atoms with E-state index in [1.54, 1.807) is 0 Å². The van der Waals surface area contributed by atoms with Crippen molar-refractivity contribution in [1.82, 2.24) is 0 Å². The third kappa shape index (κ3) is 4.44. The largest absolute Gasteiger partial charge is 0.508 e. The van der Waals surface area contributed by atoms with Crippen molar-refractivity contribution in [3.63, 3.8) is 0 Å². The van der Waals surface area contributed by atoms with Gasteiger partial charge in [-0.2, -0.15) is 13.2 Å². The van der Waals surface area contributed by atoms with Crippen LogP contribution in [0.1, 0.15) is 31.4 Å². The SMILES string of the molecule is CC(C)(CC(O)(Cc1cc(O)ccc1O)C(F)(F)F)c1cc(F)ccc1O. The van der Waals surface area contributed by atoms with Gasteiger partial charge in [-0.3, -0.25) is 0 Å². The predicted molar refractivity (Wildman–Crippen MR) is 90.2 cm³/mol. The van der Waals surface area contributed by atoms with E-state index in [4.69, 9.17) is 0 Å². The van der Waals surface area contributed by atoms with Crippen molar-refractivity contribution in [2.45, 2.75) is 43.9 Å². The average molecular weight is 388 g/mol. The summed E-state index contributed by atoms with van der Waals surface area (Å²) >= 11 is 0. The minimum atomic E-state index is -5.09. The van der Waals surface area contributed by atoms with Crippen LogP contribution in [-0.2, 0) is 11.8 Å². The van der Waals surface area contributed by atoms with Gasteiger partial charge in [0.2, 0.25) is 0 Å². The molecule has 27 heavy (non-hydrogen) atoms. The lowest BCUT2D eigenvalue weighted by molar-refractivity contribution is -0.266. The highest BCUT2D eigenvalue weighted by molar-refractivity contribution is 5.41. The number of halogens is 4. The van der Waals surface area contributed by atoms with Crippen molar-refractivity contribution in [1.29, 1.82) is 0 Å². The second-order valence-electron chi connectivity index (χ2n) is 7.24. The first-order valence-corrected chi connectivity index (χ1v) is 8.04. The first-order chi connectivity index (χ1) is 12.2. The molecule has 4 nitrogen and oxygen atoms in total. The Labute approximate surface area is 153 Å². The molecule has 2 aromatic rings. The highest BCUT2D eigenvalue weighted by Gasteiger charge is 2.56. The molecule has 1 atom stereocenters. The van der Waals surface area contributed by atoms with Crippen molar-refractivity contribution < 1.29 is 38.0 Å². The lowest BCUT2D eigenvalue weighted by atomic mass is 9.72. The molecule has 148 valence electrons. The van der Waals surface area contributed by atoms with Gasteiger partial charge in [-0.25, -0.2) is 4.39 Å². The first kappa shape index (κ1) is 20.8. The van der Waals surface area contributed by atoms with Crippen molar-refractivity contribution in [2.24, 2.45) is 0 Å². The van der Waals surface area contributed by atoms with Crippen LogP contribution in [-0.4, -0.2) is 32.2 Å². The predicted octanol–water partition coefficient (Wildman–Crippen LogP) is 4.15. The zero-order chi connectivity index (χ0) is 20.6. The first-order valence-electron chi connectivity index (χ1n) is 8.04. The maximum atomic E-state index is 13.7. The van der Waals surface area contributed by atoms with Gasteiger partial charge in [0.05, 0.1) is 0 Å². The van der Waals surface area contributed by atoms with E-state index in [0.29, 0.717) is 0 Å². The van der Waals surface area contributed by atoms with E-state index in [0.717, 1.165) is 36.4 Å². The molecule has 1 unspecified atom stereocenters. The minimum absolute atomic E-state index is 0.0923. The Morgan fingerprint density at radius 1 is 0.889 bits per heavy atom. The molecule has 0 aliphatic rings. The zero-order valence-corrected chi connectivity index (χ0v) is 14.7. The van der Waals surface area contributed by atoms with E-state index in [1.165, 1.54) is 13.8 Å². The molecule has 4 N–H and O–H groups in total. The molecule has 0 saturated heterocycles. The van der Waals surface area contributed by atoms with Crippen molar-refractivity contribution >= 4 is 0 Å². The molecule has 2 aromatic carbocycles. The van der Waals surface area contributed by atoms with E-state index >= 15 is 0 Å². The number of hydrogen-bond acceptors (Lipinski definition) is 4. The number of benzene rings is 2. The van der Waals surface area contributed by atoms with Crippen LogP contribution in [0.3, 0.4) is 0 Å². The highest BCUT2D eigenvalue weighted by Crippen LogP contribution is 2.45. The Morgan fingerprint density at radius 3 is 2.07 bits per heavy atom. The second-order valence-corrected chi connectivity index (χ2v) is 7.24. The van der Waals surface area contributed by atoms with Gasteiger partial charge in [-0.15, -0.1) is 0 Å². The van der Waals surface area contributed by atoms with Gasteiger partial charge < -0.3 is 20.4 Å². The molecule has 0 amide bonds. The Hall–Kier alpha value is -2.48. The molecular weight excluding hydrogens is 368 g/mol. The molecule has 0 spiro atoms. The van der Waals surface area contributed by atoms with Crippen molar-refractivity contribution in [2.75, 3.05) is 0 Å². The van der Waals surface area contributed by atoms with E-state index in [2.05, 4.69) is 0 Å². The maximum Gasteiger partial charge on any atom is 0.417 e. The van der Waals surface area contributed by atoms with Gasteiger partial charge in [0.15, 0.2) is 5.60 Å². The molecule has 0 aliphatic heterocycles. The summed E-state index contributed by atoms with van der Waals surface area (Å²) in [6.45, 7) is 2.67. The lowest BCUT2D eigenvalue weighted by Crippen LogP contribution is -2.50. The molecule has 0 radical (unpaired) electrons. The Morgan fingerprint density at radius 2 is 1.48 bits per heavy atom. The number of phenolic OH excluding ortho intramolecular Hbond substituents is 3. The van der Waals surface area contributed by atoms with E-state index in [9.17, 15) is 38.0 Å².